The van der Waals surface area contributed by atoms with Crippen LogP contribution in [0.3, 0.4) is 0 Å². The highest BCUT2D eigenvalue weighted by Crippen LogP contribution is 2.38. The quantitative estimate of drug-likeness (QED) is 0.854. The first kappa shape index (κ1) is 11.7. The van der Waals surface area contributed by atoms with Crippen LogP contribution in [0.25, 0.3) is 11.0 Å². The van der Waals surface area contributed by atoms with E-state index < -0.39 is 0 Å². The van der Waals surface area contributed by atoms with Gasteiger partial charge in [0.15, 0.2) is 0 Å². The third kappa shape index (κ3) is 1.61. The summed E-state index contributed by atoms with van der Waals surface area (Å²) in [6.45, 7) is 3.46. The smallest absolute Gasteiger partial charge is 0.201 e. The van der Waals surface area contributed by atoms with E-state index in [9.17, 15) is 0 Å². The van der Waals surface area contributed by atoms with Crippen molar-refractivity contribution in [2.24, 2.45) is 5.92 Å². The van der Waals surface area contributed by atoms with Crippen LogP contribution in [0.5, 0.6) is 0 Å². The Morgan fingerprint density at radius 2 is 2.10 bits per heavy atom. The van der Waals surface area contributed by atoms with E-state index in [0.29, 0.717) is 23.5 Å². The summed E-state index contributed by atoms with van der Waals surface area (Å²) in [5, 5.41) is 9.09. The Hall–Kier alpha value is -2.06. The number of rotatable bonds is 1. The van der Waals surface area contributed by atoms with Gasteiger partial charge in [0.2, 0.25) is 5.95 Å². The summed E-state index contributed by atoms with van der Waals surface area (Å²) < 4.78 is 2.16. The number of hydrogen-bond donors (Lipinski definition) is 1. The number of nitrogen functional groups attached to an aromatic ring is 1. The number of benzene rings is 1. The van der Waals surface area contributed by atoms with Gasteiger partial charge in [0.1, 0.15) is 0 Å². The van der Waals surface area contributed by atoms with Crippen LogP contribution < -0.4 is 5.73 Å². The molecule has 0 spiro atoms. The van der Waals surface area contributed by atoms with Gasteiger partial charge in [-0.15, -0.1) is 0 Å². The molecule has 5 nitrogen and oxygen atoms in total. The molecule has 3 saturated heterocycles. The maximum absolute atomic E-state index is 9.09. The Morgan fingerprint density at radius 3 is 2.75 bits per heavy atom. The number of hydrogen-bond acceptors (Lipinski definition) is 4. The van der Waals surface area contributed by atoms with Crippen LogP contribution in [-0.2, 0) is 0 Å². The average molecular weight is 267 g/mol. The van der Waals surface area contributed by atoms with Gasteiger partial charge in [0.05, 0.1) is 28.7 Å². The second-order valence-corrected chi connectivity index (χ2v) is 5.86. The molecule has 102 valence electrons. The lowest BCUT2D eigenvalue weighted by Crippen LogP contribution is -2.48. The Bertz CT molecular complexity index is 703. The number of anilines is 1. The fourth-order valence-corrected chi connectivity index (χ4v) is 3.76. The first-order chi connectivity index (χ1) is 9.76. The van der Waals surface area contributed by atoms with Crippen LogP contribution in [0.2, 0.25) is 0 Å². The molecular weight excluding hydrogens is 250 g/mol. The summed E-state index contributed by atoms with van der Waals surface area (Å²) in [6, 6.07) is 8.20. The standard InChI is InChI=1S/C15H17N5/c16-8-10-1-2-12-13(7-10)20(15(17)18-12)14-9-19-5-3-11(14)4-6-19/h1-2,7,11,14H,3-6,9H2,(H2,17,18). The predicted octanol–water partition coefficient (Wildman–Crippen LogP) is 1.76. The monoisotopic (exact) mass is 267 g/mol. The molecule has 1 aromatic heterocycles. The normalized spacial score (nSPS) is 28.6. The van der Waals surface area contributed by atoms with Crippen molar-refractivity contribution in [2.45, 2.75) is 18.9 Å². The fraction of sp³-hybridized carbons (Fsp3) is 0.467. The van der Waals surface area contributed by atoms with Gasteiger partial charge in [-0.1, -0.05) is 0 Å². The van der Waals surface area contributed by atoms with E-state index in [1.807, 2.05) is 12.1 Å². The molecule has 4 heterocycles. The summed E-state index contributed by atoms with van der Waals surface area (Å²) in [5.41, 5.74) is 8.71. The fourth-order valence-electron chi connectivity index (χ4n) is 3.76. The largest absolute Gasteiger partial charge is 0.369 e. The van der Waals surface area contributed by atoms with Crippen LogP contribution >= 0.6 is 0 Å². The predicted molar refractivity (Wildman–Crippen MR) is 77.1 cm³/mol. The first-order valence-electron chi connectivity index (χ1n) is 7.16. The Kier molecular flexibility index (Phi) is 2.48. The highest BCUT2D eigenvalue weighted by Gasteiger charge is 2.36. The van der Waals surface area contributed by atoms with Crippen molar-refractivity contribution in [1.82, 2.24) is 14.5 Å². The molecule has 0 radical (unpaired) electrons. The summed E-state index contributed by atoms with van der Waals surface area (Å²) in [5.74, 6) is 1.26. The lowest BCUT2D eigenvalue weighted by molar-refractivity contribution is 0.0598. The van der Waals surface area contributed by atoms with Gasteiger partial charge < -0.3 is 15.2 Å². The van der Waals surface area contributed by atoms with Crippen molar-refractivity contribution >= 4 is 17.0 Å². The summed E-state index contributed by atoms with van der Waals surface area (Å²) in [7, 11) is 0. The van der Waals surface area contributed by atoms with Gasteiger partial charge in [-0.05, 0) is 50.0 Å². The molecule has 20 heavy (non-hydrogen) atoms. The third-order valence-corrected chi connectivity index (χ3v) is 4.80. The minimum absolute atomic E-state index is 0.399. The van der Waals surface area contributed by atoms with E-state index in [4.69, 9.17) is 11.0 Å². The van der Waals surface area contributed by atoms with Crippen molar-refractivity contribution in [1.29, 1.82) is 5.26 Å². The van der Waals surface area contributed by atoms with E-state index in [0.717, 1.165) is 17.6 Å². The molecule has 3 fully saturated rings. The Morgan fingerprint density at radius 1 is 1.30 bits per heavy atom. The molecule has 0 amide bonds. The number of fused-ring (bicyclic) bond motifs is 4. The van der Waals surface area contributed by atoms with Crippen molar-refractivity contribution in [2.75, 3.05) is 25.4 Å². The van der Waals surface area contributed by atoms with Gasteiger partial charge in [-0.2, -0.15) is 5.26 Å². The molecule has 1 atom stereocenters. The zero-order valence-corrected chi connectivity index (χ0v) is 11.3. The van der Waals surface area contributed by atoms with Crippen LogP contribution in [0.1, 0.15) is 24.4 Å². The first-order valence-corrected chi connectivity index (χ1v) is 7.16. The highest BCUT2D eigenvalue weighted by molar-refractivity contribution is 5.80. The second kappa shape index (κ2) is 4.22. The molecule has 5 rings (SSSR count). The van der Waals surface area contributed by atoms with Crippen LogP contribution in [0, 0.1) is 17.2 Å². The number of nitrogens with zero attached hydrogens (tertiary/aromatic N) is 4. The van der Waals surface area contributed by atoms with Gasteiger partial charge in [0, 0.05) is 6.54 Å². The molecule has 2 bridgehead atoms. The van der Waals surface area contributed by atoms with Crippen LogP contribution in [-0.4, -0.2) is 34.1 Å². The number of nitrogens with two attached hydrogens (primary N) is 1. The average Bonchev–Trinajstić information content (AvgIpc) is 2.83. The second-order valence-electron chi connectivity index (χ2n) is 5.86. The van der Waals surface area contributed by atoms with Crippen LogP contribution in [0.4, 0.5) is 5.95 Å². The lowest BCUT2D eigenvalue weighted by Gasteiger charge is -2.45. The van der Waals surface area contributed by atoms with Crippen LogP contribution in [0.15, 0.2) is 18.2 Å². The maximum Gasteiger partial charge on any atom is 0.201 e. The number of imidazole rings is 1. The molecule has 0 saturated carbocycles. The lowest BCUT2D eigenvalue weighted by atomic mass is 9.84. The zero-order valence-electron chi connectivity index (χ0n) is 11.3. The zero-order chi connectivity index (χ0) is 13.7. The van der Waals surface area contributed by atoms with Crippen molar-refractivity contribution in [3.05, 3.63) is 23.8 Å². The highest BCUT2D eigenvalue weighted by atomic mass is 15.2. The minimum atomic E-state index is 0.399. The molecule has 3 aliphatic rings. The molecule has 5 heteroatoms. The molecule has 2 aromatic rings. The molecular formula is C15H17N5. The molecule has 3 aliphatic heterocycles. The Labute approximate surface area is 117 Å². The van der Waals surface area contributed by atoms with Crippen molar-refractivity contribution in [3.63, 3.8) is 0 Å². The van der Waals surface area contributed by atoms with Gasteiger partial charge >= 0.3 is 0 Å². The minimum Gasteiger partial charge on any atom is -0.369 e. The topological polar surface area (TPSA) is 70.9 Å². The molecule has 1 aromatic carbocycles. The molecule has 1 unspecified atom stereocenters. The van der Waals surface area contributed by atoms with Gasteiger partial charge in [0.25, 0.3) is 0 Å². The maximum atomic E-state index is 9.09. The van der Waals surface area contributed by atoms with E-state index in [-0.39, 0.29) is 0 Å². The summed E-state index contributed by atoms with van der Waals surface area (Å²) in [4.78, 5) is 6.96. The van der Waals surface area contributed by atoms with Crippen molar-refractivity contribution < 1.29 is 0 Å². The molecule has 0 aliphatic carbocycles. The van der Waals surface area contributed by atoms with E-state index in [1.165, 1.54) is 25.9 Å². The summed E-state index contributed by atoms with van der Waals surface area (Å²) >= 11 is 0. The van der Waals surface area contributed by atoms with Gasteiger partial charge in [-0.25, -0.2) is 4.98 Å². The van der Waals surface area contributed by atoms with Gasteiger partial charge in [-0.3, -0.25) is 0 Å². The SMILES string of the molecule is N#Cc1ccc2nc(N)n(C3CN4CCC3CC4)c2c1. The van der Waals surface area contributed by atoms with E-state index in [2.05, 4.69) is 20.5 Å². The Balaban J connectivity index is 1.86. The molecule has 2 N–H and O–H groups in total. The van der Waals surface area contributed by atoms with Crippen molar-refractivity contribution in [3.8, 4) is 6.07 Å². The number of nitriles is 1. The van der Waals surface area contributed by atoms with E-state index in [1.54, 1.807) is 6.07 Å². The summed E-state index contributed by atoms with van der Waals surface area (Å²) in [6.07, 6.45) is 2.48. The number of piperidine rings is 3. The number of aromatic nitrogens is 2. The van der Waals surface area contributed by atoms with E-state index >= 15 is 0 Å². The third-order valence-electron chi connectivity index (χ3n) is 4.80.